The van der Waals surface area contributed by atoms with E-state index in [1.54, 1.807) is 36.4 Å². The third-order valence-corrected chi connectivity index (χ3v) is 11.8. The summed E-state index contributed by atoms with van der Waals surface area (Å²) in [6, 6.07) is 14.8. The summed E-state index contributed by atoms with van der Waals surface area (Å²) in [5.41, 5.74) is 0.687. The number of alkyl halides is 1. The molecular formula is C27H31FN2O6Si. The fraction of sp³-hybridized carbons (Fsp3) is 0.407. The average molecular weight is 527 g/mol. The SMILES string of the molecule is CC(C)(C)[Si](C)(C)OC1CN(C(=O)OCc2ccccc2)C(=O)C(F)(N2C(=O)c3ccccc3C2=O)C1. The third-order valence-electron chi connectivity index (χ3n) is 7.30. The zero-order valence-electron chi connectivity index (χ0n) is 21.6. The first-order chi connectivity index (χ1) is 17.3. The van der Waals surface area contributed by atoms with E-state index in [2.05, 4.69) is 0 Å². The minimum Gasteiger partial charge on any atom is -0.444 e. The topological polar surface area (TPSA) is 93.2 Å². The van der Waals surface area contributed by atoms with Crippen LogP contribution in [0.2, 0.25) is 18.1 Å². The molecule has 2 aliphatic heterocycles. The van der Waals surface area contributed by atoms with E-state index in [-0.39, 0.29) is 29.3 Å². The molecule has 2 unspecified atom stereocenters. The molecule has 4 amide bonds. The lowest BCUT2D eigenvalue weighted by Crippen LogP contribution is -2.67. The van der Waals surface area contributed by atoms with Crippen molar-refractivity contribution in [2.24, 2.45) is 0 Å². The number of imide groups is 2. The van der Waals surface area contributed by atoms with Crippen LogP contribution in [-0.4, -0.2) is 60.4 Å². The second kappa shape index (κ2) is 9.49. The van der Waals surface area contributed by atoms with E-state index in [0.29, 0.717) is 15.4 Å². The van der Waals surface area contributed by atoms with Crippen molar-refractivity contribution in [3.63, 3.8) is 0 Å². The van der Waals surface area contributed by atoms with Crippen LogP contribution >= 0.6 is 0 Å². The minimum atomic E-state index is -3.12. The summed E-state index contributed by atoms with van der Waals surface area (Å²) in [4.78, 5) is 53.8. The molecule has 2 aromatic rings. The molecule has 2 atom stereocenters. The fourth-order valence-corrected chi connectivity index (χ4v) is 5.62. The summed E-state index contributed by atoms with van der Waals surface area (Å²) in [7, 11) is -2.49. The molecule has 37 heavy (non-hydrogen) atoms. The molecule has 2 aromatic carbocycles. The van der Waals surface area contributed by atoms with E-state index >= 15 is 4.39 Å². The van der Waals surface area contributed by atoms with Crippen molar-refractivity contribution in [2.75, 3.05) is 6.54 Å². The van der Waals surface area contributed by atoms with E-state index < -0.39 is 50.4 Å². The molecule has 10 heteroatoms. The molecule has 1 saturated heterocycles. The number of carbonyl (C=O) groups is 4. The van der Waals surface area contributed by atoms with Crippen molar-refractivity contribution >= 4 is 32.1 Å². The van der Waals surface area contributed by atoms with Crippen LogP contribution in [0.5, 0.6) is 0 Å². The number of fused-ring (bicyclic) bond motifs is 1. The zero-order chi connectivity index (χ0) is 27.2. The molecule has 2 aliphatic rings. The summed E-state index contributed by atoms with van der Waals surface area (Å²) in [5, 5.41) is -0.248. The molecule has 0 N–H and O–H groups in total. The van der Waals surface area contributed by atoms with Crippen LogP contribution in [-0.2, 0) is 20.6 Å². The van der Waals surface area contributed by atoms with Crippen molar-refractivity contribution in [3.8, 4) is 0 Å². The Morgan fingerprint density at radius 3 is 2.08 bits per heavy atom. The predicted molar refractivity (Wildman–Crippen MR) is 136 cm³/mol. The summed E-state index contributed by atoms with van der Waals surface area (Å²) in [5.74, 6) is -6.30. The average Bonchev–Trinajstić information content (AvgIpc) is 3.10. The smallest absolute Gasteiger partial charge is 0.417 e. The first-order valence-electron chi connectivity index (χ1n) is 12.1. The second-order valence-corrected chi connectivity index (χ2v) is 15.7. The van der Waals surface area contributed by atoms with Crippen LogP contribution in [0.1, 0.15) is 53.5 Å². The Labute approximate surface area is 216 Å². The molecule has 0 aliphatic carbocycles. The molecule has 0 aromatic heterocycles. The lowest BCUT2D eigenvalue weighted by molar-refractivity contribution is -0.163. The Balaban J connectivity index is 1.67. The van der Waals surface area contributed by atoms with Gasteiger partial charge in [0.15, 0.2) is 8.32 Å². The number of rotatable bonds is 5. The standard InChI is InChI=1S/C27H31FN2O6Si/c1-26(2,3)37(4,5)36-19-15-27(28,30-22(31)20-13-9-10-14-21(20)23(30)32)24(33)29(16-19)25(34)35-17-18-11-7-6-8-12-18/h6-14,19H,15-17H2,1-5H3. The molecule has 0 spiro atoms. The summed E-state index contributed by atoms with van der Waals surface area (Å²) in [6.45, 7) is 9.55. The Kier molecular flexibility index (Phi) is 6.85. The molecule has 0 radical (unpaired) electrons. The number of carbonyl (C=O) groups excluding carboxylic acids is 4. The Morgan fingerprint density at radius 2 is 1.54 bits per heavy atom. The van der Waals surface area contributed by atoms with Crippen LogP contribution in [0.25, 0.3) is 0 Å². The molecule has 1 fully saturated rings. The van der Waals surface area contributed by atoms with Gasteiger partial charge in [-0.05, 0) is 35.8 Å². The Morgan fingerprint density at radius 1 is 1.00 bits per heavy atom. The molecule has 0 saturated carbocycles. The molecule has 2 heterocycles. The van der Waals surface area contributed by atoms with E-state index in [0.717, 1.165) is 0 Å². The quantitative estimate of drug-likeness (QED) is 0.312. The number of hydrogen-bond donors (Lipinski definition) is 0. The van der Waals surface area contributed by atoms with E-state index in [9.17, 15) is 19.2 Å². The van der Waals surface area contributed by atoms with Crippen LogP contribution in [0.3, 0.4) is 0 Å². The van der Waals surface area contributed by atoms with Crippen LogP contribution < -0.4 is 0 Å². The largest absolute Gasteiger partial charge is 0.444 e. The summed E-state index contributed by atoms with van der Waals surface area (Å²) < 4.78 is 28.6. The monoisotopic (exact) mass is 526 g/mol. The van der Waals surface area contributed by atoms with E-state index in [1.807, 2.05) is 39.9 Å². The van der Waals surface area contributed by atoms with E-state index in [4.69, 9.17) is 9.16 Å². The number of likely N-dealkylation sites (tertiary alicyclic amines) is 1. The van der Waals surface area contributed by atoms with Gasteiger partial charge in [0.25, 0.3) is 23.5 Å². The number of amides is 4. The number of hydrogen-bond acceptors (Lipinski definition) is 6. The maximum absolute atomic E-state index is 16.9. The first-order valence-corrected chi connectivity index (χ1v) is 15.0. The van der Waals surface area contributed by atoms with Gasteiger partial charge in [0.05, 0.1) is 23.8 Å². The third kappa shape index (κ3) is 4.83. The van der Waals surface area contributed by atoms with Crippen molar-refractivity contribution in [1.29, 1.82) is 0 Å². The number of benzene rings is 2. The number of piperidine rings is 1. The van der Waals surface area contributed by atoms with Crippen LogP contribution in [0.15, 0.2) is 54.6 Å². The van der Waals surface area contributed by atoms with Crippen molar-refractivity contribution in [1.82, 2.24) is 9.80 Å². The number of ether oxygens (including phenoxy) is 1. The van der Waals surface area contributed by atoms with Crippen LogP contribution in [0, 0.1) is 0 Å². The van der Waals surface area contributed by atoms with Gasteiger partial charge >= 0.3 is 6.09 Å². The van der Waals surface area contributed by atoms with Crippen molar-refractivity contribution in [2.45, 2.75) is 63.8 Å². The lowest BCUT2D eigenvalue weighted by Gasteiger charge is -2.46. The van der Waals surface area contributed by atoms with Gasteiger partial charge in [0.2, 0.25) is 0 Å². The molecule has 0 bridgehead atoms. The van der Waals surface area contributed by atoms with Gasteiger partial charge < -0.3 is 9.16 Å². The highest BCUT2D eigenvalue weighted by atomic mass is 28.4. The van der Waals surface area contributed by atoms with Gasteiger partial charge in [-0.2, -0.15) is 0 Å². The van der Waals surface area contributed by atoms with Gasteiger partial charge in [-0.1, -0.05) is 63.2 Å². The van der Waals surface area contributed by atoms with Crippen molar-refractivity contribution < 1.29 is 32.7 Å². The van der Waals surface area contributed by atoms with Gasteiger partial charge in [0, 0.05) is 6.42 Å². The highest BCUT2D eigenvalue weighted by molar-refractivity contribution is 6.74. The highest BCUT2D eigenvalue weighted by Crippen LogP contribution is 2.42. The van der Waals surface area contributed by atoms with Crippen LogP contribution in [0.4, 0.5) is 9.18 Å². The maximum Gasteiger partial charge on any atom is 0.417 e. The van der Waals surface area contributed by atoms with E-state index in [1.165, 1.54) is 12.1 Å². The fourth-order valence-electron chi connectivity index (χ4n) is 4.27. The van der Waals surface area contributed by atoms with Crippen molar-refractivity contribution in [3.05, 3.63) is 71.3 Å². The molecule has 196 valence electrons. The first kappa shape index (κ1) is 26.7. The maximum atomic E-state index is 16.9. The van der Waals surface area contributed by atoms with Gasteiger partial charge in [-0.15, -0.1) is 0 Å². The van der Waals surface area contributed by atoms with Gasteiger partial charge in [0.1, 0.15) is 6.61 Å². The lowest BCUT2D eigenvalue weighted by atomic mass is 9.98. The zero-order valence-corrected chi connectivity index (χ0v) is 22.6. The Hall–Kier alpha value is -3.37. The number of nitrogens with zero attached hydrogens (tertiary/aromatic N) is 2. The summed E-state index contributed by atoms with van der Waals surface area (Å²) >= 11 is 0. The number of halogens is 1. The highest BCUT2D eigenvalue weighted by Gasteiger charge is 2.61. The van der Waals surface area contributed by atoms with Gasteiger partial charge in [-0.3, -0.25) is 14.4 Å². The molecule has 4 rings (SSSR count). The van der Waals surface area contributed by atoms with Gasteiger partial charge in [-0.25, -0.2) is 19.0 Å². The predicted octanol–water partition coefficient (Wildman–Crippen LogP) is 4.91. The minimum absolute atomic E-state index is 0.00275. The summed E-state index contributed by atoms with van der Waals surface area (Å²) in [6.07, 6.45) is -2.60. The molecule has 8 nitrogen and oxygen atoms in total. The molecular weight excluding hydrogens is 495 g/mol. The second-order valence-electron chi connectivity index (χ2n) is 10.9. The Bertz CT molecular complexity index is 1210. The normalized spacial score (nSPS) is 22.3.